The van der Waals surface area contributed by atoms with E-state index < -0.39 is 9.85 Å². The minimum atomic E-state index is -0.673. The van der Waals surface area contributed by atoms with E-state index in [4.69, 9.17) is 0 Å². The van der Waals surface area contributed by atoms with Gasteiger partial charge in [-0.25, -0.2) is 0 Å². The summed E-state index contributed by atoms with van der Waals surface area (Å²) in [5.41, 5.74) is 2.94. The Morgan fingerprint density at radius 1 is 1.10 bits per heavy atom. The first-order valence-electron chi connectivity index (χ1n) is 6.50. The van der Waals surface area contributed by atoms with Crippen molar-refractivity contribution in [3.05, 3.63) is 38.4 Å². The molecular formula is C13H18N4O4. The highest BCUT2D eigenvalue weighted by Gasteiger charge is 2.19. The summed E-state index contributed by atoms with van der Waals surface area (Å²) in [6.07, 6.45) is 0. The second-order valence-electron chi connectivity index (χ2n) is 5.17. The van der Waals surface area contributed by atoms with Crippen molar-refractivity contribution in [3.63, 3.8) is 0 Å². The second kappa shape index (κ2) is 6.78. The number of nitro groups is 2. The van der Waals surface area contributed by atoms with Crippen molar-refractivity contribution in [2.24, 2.45) is 16.9 Å². The number of hydrogen-bond acceptors (Lipinski definition) is 6. The number of rotatable bonds is 6. The Morgan fingerprint density at radius 3 is 2.10 bits per heavy atom. The molecule has 1 rings (SSSR count). The lowest BCUT2D eigenvalue weighted by Gasteiger charge is -2.14. The molecule has 1 N–H and O–H groups in total. The molecule has 21 heavy (non-hydrogen) atoms. The predicted octanol–water partition coefficient (Wildman–Crippen LogP) is 3.58. The van der Waals surface area contributed by atoms with Crippen LogP contribution in [0.1, 0.15) is 27.7 Å². The van der Waals surface area contributed by atoms with Gasteiger partial charge in [0, 0.05) is 11.8 Å². The molecule has 8 heteroatoms. The maximum Gasteiger partial charge on any atom is 0.301 e. The van der Waals surface area contributed by atoms with Crippen molar-refractivity contribution in [3.8, 4) is 0 Å². The fourth-order valence-corrected chi connectivity index (χ4v) is 1.93. The van der Waals surface area contributed by atoms with Crippen molar-refractivity contribution in [1.29, 1.82) is 0 Å². The van der Waals surface area contributed by atoms with Gasteiger partial charge >= 0.3 is 5.69 Å². The number of benzene rings is 1. The quantitative estimate of drug-likeness (QED) is 0.489. The third-order valence-corrected chi connectivity index (χ3v) is 2.88. The highest BCUT2D eigenvalue weighted by atomic mass is 16.6. The smallest absolute Gasteiger partial charge is 0.272 e. The maximum atomic E-state index is 11.0. The van der Waals surface area contributed by atoms with E-state index in [1.54, 1.807) is 0 Å². The molecule has 0 aliphatic carbocycles. The van der Waals surface area contributed by atoms with E-state index in [9.17, 15) is 20.2 Å². The standard InChI is InChI=1S/C13H18N4O4/c1-8(2)13(9(3)4)15-14-11-6-5-10(16(18)19)7-12(11)17(20)21/h5-9,14H,1-4H3. The fraction of sp³-hybridized carbons (Fsp3) is 0.462. The van der Waals surface area contributed by atoms with Gasteiger partial charge in [-0.15, -0.1) is 0 Å². The zero-order valence-corrected chi connectivity index (χ0v) is 12.4. The molecule has 0 unspecified atom stereocenters. The maximum absolute atomic E-state index is 11.0. The van der Waals surface area contributed by atoms with Crippen LogP contribution in [0.3, 0.4) is 0 Å². The topological polar surface area (TPSA) is 111 Å². The summed E-state index contributed by atoms with van der Waals surface area (Å²) in [5.74, 6) is 0.379. The third-order valence-electron chi connectivity index (χ3n) is 2.88. The number of nitrogens with one attached hydrogen (secondary N) is 1. The van der Waals surface area contributed by atoms with Gasteiger partial charge in [-0.2, -0.15) is 5.10 Å². The zero-order chi connectivity index (χ0) is 16.2. The second-order valence-corrected chi connectivity index (χ2v) is 5.17. The van der Waals surface area contributed by atoms with Gasteiger partial charge in [-0.05, 0) is 17.9 Å². The molecule has 0 fully saturated rings. The largest absolute Gasteiger partial charge is 0.301 e. The van der Waals surface area contributed by atoms with Crippen molar-refractivity contribution < 1.29 is 9.85 Å². The summed E-state index contributed by atoms with van der Waals surface area (Å²) < 4.78 is 0. The van der Waals surface area contributed by atoms with E-state index in [1.165, 1.54) is 12.1 Å². The van der Waals surface area contributed by atoms with Gasteiger partial charge in [0.25, 0.3) is 5.69 Å². The first-order chi connectivity index (χ1) is 9.73. The summed E-state index contributed by atoms with van der Waals surface area (Å²) in [4.78, 5) is 20.3. The van der Waals surface area contributed by atoms with E-state index in [0.717, 1.165) is 11.8 Å². The third kappa shape index (κ3) is 4.23. The van der Waals surface area contributed by atoms with Crippen LogP contribution >= 0.6 is 0 Å². The molecule has 0 bridgehead atoms. The number of nitro benzene ring substituents is 2. The van der Waals surface area contributed by atoms with Gasteiger partial charge in [0.2, 0.25) is 0 Å². The lowest BCUT2D eigenvalue weighted by Crippen LogP contribution is -2.16. The van der Waals surface area contributed by atoms with Gasteiger partial charge in [-0.1, -0.05) is 27.7 Å². The van der Waals surface area contributed by atoms with E-state index in [2.05, 4.69) is 10.5 Å². The highest BCUT2D eigenvalue weighted by Crippen LogP contribution is 2.29. The molecule has 0 aliphatic heterocycles. The Bertz CT molecular complexity index is 572. The number of hydrazone groups is 1. The van der Waals surface area contributed by atoms with E-state index in [1.807, 2.05) is 27.7 Å². The van der Waals surface area contributed by atoms with Gasteiger partial charge < -0.3 is 0 Å². The highest BCUT2D eigenvalue weighted by molar-refractivity contribution is 5.88. The Morgan fingerprint density at radius 2 is 1.67 bits per heavy atom. The Kier molecular flexibility index (Phi) is 5.34. The van der Waals surface area contributed by atoms with Gasteiger partial charge in [0.1, 0.15) is 5.69 Å². The SMILES string of the molecule is CC(C)C(=NNc1ccc([N+](=O)[O-])cc1[N+](=O)[O-])C(C)C. The van der Waals surface area contributed by atoms with Crippen molar-refractivity contribution in [1.82, 2.24) is 0 Å². The zero-order valence-electron chi connectivity index (χ0n) is 12.4. The molecule has 8 nitrogen and oxygen atoms in total. The Hall–Kier alpha value is -2.51. The van der Waals surface area contributed by atoms with Crippen LogP contribution in [0.25, 0.3) is 0 Å². The van der Waals surface area contributed by atoms with E-state index >= 15 is 0 Å². The number of hydrogen-bond donors (Lipinski definition) is 1. The Balaban J connectivity index is 3.16. The molecule has 0 aliphatic rings. The van der Waals surface area contributed by atoms with Crippen LogP contribution < -0.4 is 5.43 Å². The first-order valence-corrected chi connectivity index (χ1v) is 6.50. The summed E-state index contributed by atoms with van der Waals surface area (Å²) in [6.45, 7) is 7.91. The summed E-state index contributed by atoms with van der Waals surface area (Å²) in [6, 6.07) is 3.41. The van der Waals surface area contributed by atoms with Gasteiger partial charge in [0.05, 0.1) is 15.9 Å². The van der Waals surface area contributed by atoms with E-state index in [0.29, 0.717) is 0 Å². The van der Waals surface area contributed by atoms with Gasteiger partial charge in [-0.3, -0.25) is 25.7 Å². The van der Waals surface area contributed by atoms with Crippen LogP contribution in [-0.4, -0.2) is 15.6 Å². The number of anilines is 1. The molecule has 0 heterocycles. The van der Waals surface area contributed by atoms with Crippen LogP contribution in [0.5, 0.6) is 0 Å². The normalized spacial score (nSPS) is 10.6. The van der Waals surface area contributed by atoms with Crippen LogP contribution in [0.15, 0.2) is 23.3 Å². The average Bonchev–Trinajstić information content (AvgIpc) is 2.37. The fourth-order valence-electron chi connectivity index (χ4n) is 1.93. The number of non-ortho nitro benzene ring substituents is 1. The predicted molar refractivity (Wildman–Crippen MR) is 80.5 cm³/mol. The van der Waals surface area contributed by atoms with Crippen LogP contribution in [0.2, 0.25) is 0 Å². The Labute approximate surface area is 122 Å². The molecule has 1 aromatic rings. The molecule has 114 valence electrons. The number of nitrogens with zero attached hydrogens (tertiary/aromatic N) is 3. The summed E-state index contributed by atoms with van der Waals surface area (Å²) in [7, 11) is 0. The van der Waals surface area contributed by atoms with Crippen LogP contribution in [-0.2, 0) is 0 Å². The monoisotopic (exact) mass is 294 g/mol. The molecule has 0 atom stereocenters. The molecular weight excluding hydrogens is 276 g/mol. The molecule has 0 saturated heterocycles. The first kappa shape index (κ1) is 16.5. The average molecular weight is 294 g/mol. The van der Waals surface area contributed by atoms with E-state index in [-0.39, 0.29) is 28.9 Å². The lowest BCUT2D eigenvalue weighted by molar-refractivity contribution is -0.393. The minimum absolute atomic E-state index is 0.129. The molecule has 0 radical (unpaired) electrons. The van der Waals surface area contributed by atoms with Crippen LogP contribution in [0, 0.1) is 32.1 Å². The van der Waals surface area contributed by atoms with Crippen LogP contribution in [0.4, 0.5) is 17.1 Å². The molecule has 1 aromatic carbocycles. The van der Waals surface area contributed by atoms with Gasteiger partial charge in [0.15, 0.2) is 0 Å². The summed E-state index contributed by atoms with van der Waals surface area (Å²) >= 11 is 0. The van der Waals surface area contributed by atoms with Crippen molar-refractivity contribution in [2.45, 2.75) is 27.7 Å². The minimum Gasteiger partial charge on any atom is -0.272 e. The molecule has 0 saturated carbocycles. The summed E-state index contributed by atoms with van der Waals surface area (Å²) in [5, 5.41) is 25.9. The molecule has 0 aromatic heterocycles. The van der Waals surface area contributed by atoms with Crippen molar-refractivity contribution >= 4 is 22.8 Å². The van der Waals surface area contributed by atoms with Crippen molar-refractivity contribution in [2.75, 3.05) is 5.43 Å². The molecule has 0 amide bonds. The lowest BCUT2D eigenvalue weighted by atomic mass is 9.98. The molecule has 0 spiro atoms.